The first-order chi connectivity index (χ1) is 15.0. The minimum absolute atomic E-state index is 0.0590. The first-order valence-corrected chi connectivity index (χ1v) is 10.4. The number of anilines is 1. The number of carbonyl (C=O) groups is 2. The van der Waals surface area contributed by atoms with Crippen molar-refractivity contribution in [1.82, 2.24) is 19.9 Å². The van der Waals surface area contributed by atoms with E-state index in [2.05, 4.69) is 15.8 Å². The van der Waals surface area contributed by atoms with Gasteiger partial charge in [-0.2, -0.15) is 0 Å². The number of nitrogens with zero attached hydrogens (tertiary/aromatic N) is 3. The van der Waals surface area contributed by atoms with Gasteiger partial charge in [-0.05, 0) is 36.6 Å². The van der Waals surface area contributed by atoms with Crippen molar-refractivity contribution in [2.75, 3.05) is 12.0 Å². The largest absolute Gasteiger partial charge is 0.335 e. The molecule has 0 aliphatic carbocycles. The third-order valence-corrected chi connectivity index (χ3v) is 5.69. The van der Waals surface area contributed by atoms with Crippen molar-refractivity contribution in [2.45, 2.75) is 39.3 Å². The molecule has 0 radical (unpaired) electrons. The van der Waals surface area contributed by atoms with Gasteiger partial charge in [0.25, 0.3) is 5.56 Å². The zero-order valence-electron chi connectivity index (χ0n) is 17.6. The third-order valence-electron chi connectivity index (χ3n) is 5.69. The quantitative estimate of drug-likeness (QED) is 0.619. The highest BCUT2D eigenvalue weighted by Crippen LogP contribution is 2.32. The number of benzene rings is 2. The summed E-state index contributed by atoms with van der Waals surface area (Å²) in [5.74, 6) is -0.0821. The number of amides is 2. The van der Waals surface area contributed by atoms with Crippen molar-refractivity contribution >= 4 is 28.7 Å². The molecule has 2 N–H and O–H groups in total. The van der Waals surface area contributed by atoms with Crippen LogP contribution in [0.1, 0.15) is 37.4 Å². The van der Waals surface area contributed by atoms with E-state index in [9.17, 15) is 14.4 Å². The minimum atomic E-state index is -0.331. The van der Waals surface area contributed by atoms with Gasteiger partial charge in [0.05, 0.1) is 23.4 Å². The highest BCUT2D eigenvalue weighted by atomic mass is 16.2. The lowest BCUT2D eigenvalue weighted by molar-refractivity contribution is -0.133. The van der Waals surface area contributed by atoms with Crippen LogP contribution in [0.25, 0.3) is 10.9 Å². The summed E-state index contributed by atoms with van der Waals surface area (Å²) in [6, 6.07) is 14.7. The highest BCUT2D eigenvalue weighted by molar-refractivity contribution is 5.81. The minimum Gasteiger partial charge on any atom is -0.335 e. The van der Waals surface area contributed by atoms with Gasteiger partial charge in [0.1, 0.15) is 0 Å². The molecule has 0 spiro atoms. The van der Waals surface area contributed by atoms with Crippen LogP contribution >= 0.6 is 0 Å². The van der Waals surface area contributed by atoms with Gasteiger partial charge >= 0.3 is 0 Å². The number of para-hydroxylation sites is 1. The molecule has 1 aliphatic heterocycles. The van der Waals surface area contributed by atoms with Crippen LogP contribution < -0.4 is 16.4 Å². The Balaban J connectivity index is 1.54. The first-order valence-electron chi connectivity index (χ1n) is 10.4. The summed E-state index contributed by atoms with van der Waals surface area (Å²) < 4.78 is 1.47. The molecule has 2 amide bonds. The molecule has 2 aromatic carbocycles. The van der Waals surface area contributed by atoms with Crippen molar-refractivity contribution in [3.8, 4) is 0 Å². The Morgan fingerprint density at radius 3 is 2.65 bits per heavy atom. The maximum absolute atomic E-state index is 12.8. The molecule has 160 valence electrons. The monoisotopic (exact) mass is 419 g/mol. The van der Waals surface area contributed by atoms with Crippen molar-refractivity contribution in [3.63, 3.8) is 0 Å². The Labute approximate surface area is 179 Å². The number of hydrogen-bond donors (Lipinski definition) is 2. The molecule has 4 rings (SSSR count). The van der Waals surface area contributed by atoms with Crippen LogP contribution in [0.15, 0.2) is 53.3 Å². The van der Waals surface area contributed by atoms with Crippen LogP contribution in [0, 0.1) is 0 Å². The van der Waals surface area contributed by atoms with Crippen molar-refractivity contribution < 1.29 is 9.59 Å². The lowest BCUT2D eigenvalue weighted by Crippen LogP contribution is -2.42. The van der Waals surface area contributed by atoms with E-state index in [1.165, 1.54) is 11.5 Å². The zero-order valence-corrected chi connectivity index (χ0v) is 17.6. The van der Waals surface area contributed by atoms with E-state index in [0.717, 1.165) is 17.5 Å². The van der Waals surface area contributed by atoms with Crippen molar-refractivity contribution in [2.24, 2.45) is 0 Å². The van der Waals surface area contributed by atoms with Gasteiger partial charge in [0.15, 0.2) is 0 Å². The molecule has 8 nitrogen and oxygen atoms in total. The molecule has 1 unspecified atom stereocenters. The Bertz CT molecular complexity index is 1200. The normalized spacial score (nSPS) is 15.4. The fourth-order valence-corrected chi connectivity index (χ4v) is 4.16. The molecule has 0 bridgehead atoms. The number of hydrazine groups is 1. The number of nitrogens with one attached hydrogen (secondary N) is 2. The number of carbonyl (C=O) groups excluding carboxylic acids is 2. The zero-order chi connectivity index (χ0) is 22.0. The number of aromatic nitrogens is 2. The van der Waals surface area contributed by atoms with Gasteiger partial charge in [0.2, 0.25) is 17.8 Å². The van der Waals surface area contributed by atoms with Gasteiger partial charge in [0, 0.05) is 20.0 Å². The third kappa shape index (κ3) is 4.01. The molecule has 0 saturated heterocycles. The SMILES string of the molecule is CCn1c(NNC(=O)CC2c3ccccc3CCN2C(C)=O)nc2ccccc2c1=O. The van der Waals surface area contributed by atoms with Gasteiger partial charge < -0.3 is 4.90 Å². The van der Waals surface area contributed by atoms with Gasteiger partial charge in [-0.1, -0.05) is 36.4 Å². The second-order valence-corrected chi connectivity index (χ2v) is 7.56. The Morgan fingerprint density at radius 1 is 1.13 bits per heavy atom. The van der Waals surface area contributed by atoms with Crippen LogP contribution in [0.3, 0.4) is 0 Å². The average molecular weight is 419 g/mol. The van der Waals surface area contributed by atoms with Crippen molar-refractivity contribution in [1.29, 1.82) is 0 Å². The molecule has 1 aliphatic rings. The Kier molecular flexibility index (Phi) is 5.70. The summed E-state index contributed by atoms with van der Waals surface area (Å²) in [5, 5.41) is 0.525. The summed E-state index contributed by atoms with van der Waals surface area (Å²) in [6.07, 6.45) is 0.878. The van der Waals surface area contributed by atoms with Gasteiger partial charge in [-0.15, -0.1) is 0 Å². The molecule has 8 heteroatoms. The fraction of sp³-hybridized carbons (Fsp3) is 0.304. The van der Waals surface area contributed by atoms with E-state index in [-0.39, 0.29) is 35.8 Å². The number of rotatable bonds is 5. The van der Waals surface area contributed by atoms with E-state index in [1.54, 1.807) is 23.1 Å². The molecule has 31 heavy (non-hydrogen) atoms. The number of fused-ring (bicyclic) bond motifs is 2. The van der Waals surface area contributed by atoms with Crippen LogP contribution in [0.2, 0.25) is 0 Å². The van der Waals surface area contributed by atoms with E-state index < -0.39 is 0 Å². The summed E-state index contributed by atoms with van der Waals surface area (Å²) >= 11 is 0. The molecule has 0 fully saturated rings. The smallest absolute Gasteiger partial charge is 0.262 e. The molecule has 0 saturated carbocycles. The highest BCUT2D eigenvalue weighted by Gasteiger charge is 2.30. The first kappa shape index (κ1) is 20.6. The van der Waals surface area contributed by atoms with E-state index >= 15 is 0 Å². The van der Waals surface area contributed by atoms with E-state index in [1.807, 2.05) is 37.3 Å². The molecule has 1 atom stereocenters. The van der Waals surface area contributed by atoms with Crippen molar-refractivity contribution in [3.05, 3.63) is 70.0 Å². The summed E-state index contributed by atoms with van der Waals surface area (Å²) in [6.45, 7) is 4.35. The van der Waals surface area contributed by atoms with E-state index in [4.69, 9.17) is 0 Å². The molecule has 3 aromatic rings. The van der Waals surface area contributed by atoms with Crippen LogP contribution in [-0.2, 0) is 22.6 Å². The summed E-state index contributed by atoms with van der Waals surface area (Å²) in [4.78, 5) is 43.9. The molecule has 1 aromatic heterocycles. The van der Waals surface area contributed by atoms with Crippen LogP contribution in [0.5, 0.6) is 0 Å². The fourth-order valence-electron chi connectivity index (χ4n) is 4.16. The van der Waals surface area contributed by atoms with Crippen LogP contribution in [0.4, 0.5) is 5.95 Å². The van der Waals surface area contributed by atoms with Gasteiger partial charge in [-0.25, -0.2) is 4.98 Å². The Morgan fingerprint density at radius 2 is 1.87 bits per heavy atom. The second-order valence-electron chi connectivity index (χ2n) is 7.56. The van der Waals surface area contributed by atoms with Crippen LogP contribution in [-0.4, -0.2) is 32.8 Å². The standard InChI is InChI=1S/C23H25N5O3/c1-3-27-22(31)18-10-6-7-11-19(18)24-23(27)26-25-21(30)14-20-17-9-5-4-8-16(17)12-13-28(20)15(2)29/h4-11,20H,3,12-14H2,1-2H3,(H,24,26)(H,25,30). The molecule has 2 heterocycles. The second kappa shape index (κ2) is 8.59. The van der Waals surface area contributed by atoms with Gasteiger partial charge in [-0.3, -0.25) is 29.8 Å². The lowest BCUT2D eigenvalue weighted by atomic mass is 9.90. The average Bonchev–Trinajstić information content (AvgIpc) is 2.78. The van der Waals surface area contributed by atoms with E-state index in [0.29, 0.717) is 24.0 Å². The predicted octanol–water partition coefficient (Wildman–Crippen LogP) is 2.40. The maximum Gasteiger partial charge on any atom is 0.262 e. The molecular formula is C23H25N5O3. The summed E-state index contributed by atoms with van der Waals surface area (Å²) in [5.41, 5.74) is 7.99. The maximum atomic E-state index is 12.8. The summed E-state index contributed by atoms with van der Waals surface area (Å²) in [7, 11) is 0. The number of hydrogen-bond acceptors (Lipinski definition) is 5. The topological polar surface area (TPSA) is 96.3 Å². The Hall–Kier alpha value is -3.68. The predicted molar refractivity (Wildman–Crippen MR) is 118 cm³/mol. The molecular weight excluding hydrogens is 394 g/mol. The lowest BCUT2D eigenvalue weighted by Gasteiger charge is -2.36.